The Labute approximate surface area is 323 Å². The Morgan fingerprint density at radius 1 is 0.964 bits per heavy atom. The minimum absolute atomic E-state index is 0.0436. The van der Waals surface area contributed by atoms with Crippen molar-refractivity contribution < 1.29 is 51.7 Å². The number of amides is 5. The van der Waals surface area contributed by atoms with Crippen LogP contribution in [0.1, 0.15) is 52.0 Å². The van der Waals surface area contributed by atoms with Crippen molar-refractivity contribution in [3.8, 4) is 5.75 Å². The lowest BCUT2D eigenvalue weighted by Crippen LogP contribution is -2.54. The first-order valence-electron chi connectivity index (χ1n) is 17.9. The van der Waals surface area contributed by atoms with Crippen molar-refractivity contribution >= 4 is 62.5 Å². The van der Waals surface area contributed by atoms with E-state index in [1.54, 1.807) is 23.1 Å². The van der Waals surface area contributed by atoms with Gasteiger partial charge in [-0.1, -0.05) is 24.2 Å². The summed E-state index contributed by atoms with van der Waals surface area (Å²) in [4.78, 5) is 65.5. The van der Waals surface area contributed by atoms with Gasteiger partial charge in [0, 0.05) is 54.3 Å². The van der Waals surface area contributed by atoms with Gasteiger partial charge in [-0.05, 0) is 49.4 Å². The lowest BCUT2D eigenvalue weighted by atomic mass is 10.0. The molecule has 3 aliphatic heterocycles. The van der Waals surface area contributed by atoms with Crippen molar-refractivity contribution in [1.29, 1.82) is 0 Å². The first-order chi connectivity index (χ1) is 26.4. The van der Waals surface area contributed by atoms with Crippen LogP contribution in [0.2, 0.25) is 5.02 Å². The molecule has 5 rings (SSSR count). The maximum atomic E-state index is 13.2. The number of phenols is 1. The topological polar surface area (TPSA) is 222 Å². The van der Waals surface area contributed by atoms with Crippen LogP contribution in [0.4, 0.5) is 11.4 Å². The first kappa shape index (κ1) is 41.6. The average Bonchev–Trinajstić information content (AvgIpc) is 3.40. The molecule has 17 nitrogen and oxygen atoms in total. The fourth-order valence-electron chi connectivity index (χ4n) is 6.50. The van der Waals surface area contributed by atoms with Crippen LogP contribution in [-0.2, 0) is 45.0 Å². The van der Waals surface area contributed by atoms with Gasteiger partial charge >= 0.3 is 0 Å². The van der Waals surface area contributed by atoms with E-state index in [-0.39, 0.29) is 54.8 Å². The molecule has 298 valence electrons. The Balaban J connectivity index is 0.947. The summed E-state index contributed by atoms with van der Waals surface area (Å²) < 4.78 is 42.9. The Bertz CT molecular complexity index is 1890. The summed E-state index contributed by atoms with van der Waals surface area (Å²) in [6, 6.07) is 6.62. The predicted octanol–water partition coefficient (Wildman–Crippen LogP) is 1.62. The average molecular weight is 805 g/mol. The number of halogens is 1. The van der Waals surface area contributed by atoms with Gasteiger partial charge in [0.15, 0.2) is 0 Å². The highest BCUT2D eigenvalue weighted by Crippen LogP contribution is 2.33. The third kappa shape index (κ3) is 11.0. The molecular formula is C36H45ClN6O11S. The molecule has 0 saturated carbocycles. The summed E-state index contributed by atoms with van der Waals surface area (Å²) in [5.74, 6) is -2.55. The second-order valence-corrected chi connectivity index (χ2v) is 15.1. The number of piperidine rings is 2. The van der Waals surface area contributed by atoms with Gasteiger partial charge in [0.1, 0.15) is 11.8 Å². The number of hydrogen-bond donors (Lipinski definition) is 5. The van der Waals surface area contributed by atoms with Gasteiger partial charge in [-0.3, -0.25) is 34.2 Å². The lowest BCUT2D eigenvalue weighted by molar-refractivity contribution is -0.136. The van der Waals surface area contributed by atoms with E-state index >= 15 is 0 Å². The lowest BCUT2D eigenvalue weighted by Gasteiger charge is -2.32. The Morgan fingerprint density at radius 3 is 2.35 bits per heavy atom. The van der Waals surface area contributed by atoms with E-state index in [0.29, 0.717) is 93.9 Å². The number of phenolic OH excluding ortho intramolecular Hbond substituents is 1. The number of carbonyl (C=O) groups excluding carboxylic acids is 5. The minimum Gasteiger partial charge on any atom is -0.506 e. The summed E-state index contributed by atoms with van der Waals surface area (Å²) in [6.45, 7) is 6.15. The predicted molar refractivity (Wildman–Crippen MR) is 201 cm³/mol. The summed E-state index contributed by atoms with van der Waals surface area (Å²) in [5.41, 5.74) is 1.86. The molecule has 2 aromatic rings. The number of fused-ring (bicyclic) bond motifs is 1. The SMILES string of the molecule is C=CS(=O)(=O)NC1CCN(C(=O)CNc2c(O)cc(Cl)cc2CCOCCOCCOCCNc2cccc3c2C(=O)N(C2CCC(=O)NC2=O)C3=O)CC1. The number of nitrogens with one attached hydrogen (secondary N) is 4. The zero-order chi connectivity index (χ0) is 39.5. The maximum absolute atomic E-state index is 13.2. The van der Waals surface area contributed by atoms with Crippen molar-refractivity contribution in [3.63, 3.8) is 0 Å². The number of ether oxygens (including phenoxy) is 3. The molecule has 1 unspecified atom stereocenters. The third-order valence-electron chi connectivity index (χ3n) is 9.27. The van der Waals surface area contributed by atoms with Crippen LogP contribution in [-0.4, -0.2) is 131 Å². The van der Waals surface area contributed by atoms with Crippen LogP contribution in [0.25, 0.3) is 0 Å². The smallest absolute Gasteiger partial charge is 0.264 e. The van der Waals surface area contributed by atoms with E-state index in [0.717, 1.165) is 10.3 Å². The fourth-order valence-corrected chi connectivity index (χ4v) is 7.53. The van der Waals surface area contributed by atoms with E-state index in [1.165, 1.54) is 12.1 Å². The zero-order valence-corrected chi connectivity index (χ0v) is 31.7. The molecule has 5 amide bonds. The molecule has 0 radical (unpaired) electrons. The van der Waals surface area contributed by atoms with Gasteiger partial charge in [0.05, 0.1) is 63.0 Å². The molecule has 3 heterocycles. The summed E-state index contributed by atoms with van der Waals surface area (Å²) in [5, 5.41) is 20.1. The fraction of sp³-hybridized carbons (Fsp3) is 0.472. The molecule has 2 fully saturated rings. The molecule has 3 aliphatic rings. The molecule has 0 bridgehead atoms. The minimum atomic E-state index is -3.55. The van der Waals surface area contributed by atoms with Gasteiger partial charge in [0.25, 0.3) is 11.8 Å². The number of aromatic hydroxyl groups is 1. The standard InChI is InChI=1S/C36H45ClN6O11S/c1-2-55(50,51)41-25-8-12-42(13-9-25)31(46)22-39-33-23(20-24(37)21-29(33)44)10-14-52-16-18-54-19-17-53-15-11-38-27-5-3-4-26-32(27)36(49)43(35(26)48)28-6-7-30(45)40-34(28)47/h2-5,20-21,25,28,38-39,41,44H,1,6-19,22H2,(H,40,45,47). The number of hydrogen-bond acceptors (Lipinski definition) is 13. The van der Waals surface area contributed by atoms with E-state index < -0.39 is 39.7 Å². The highest BCUT2D eigenvalue weighted by atomic mass is 35.5. The first-order valence-corrected chi connectivity index (χ1v) is 19.8. The molecule has 2 saturated heterocycles. The van der Waals surface area contributed by atoms with E-state index in [9.17, 15) is 37.5 Å². The number of likely N-dealkylation sites (tertiary alicyclic amines) is 1. The van der Waals surface area contributed by atoms with Crippen molar-refractivity contribution in [1.82, 2.24) is 19.8 Å². The van der Waals surface area contributed by atoms with Gasteiger partial charge in [-0.15, -0.1) is 0 Å². The highest BCUT2D eigenvalue weighted by molar-refractivity contribution is 7.92. The number of benzene rings is 2. The van der Waals surface area contributed by atoms with Crippen molar-refractivity contribution in [2.24, 2.45) is 0 Å². The Hall–Kier alpha value is -4.59. The van der Waals surface area contributed by atoms with Gasteiger partial charge in [-0.25, -0.2) is 13.1 Å². The molecule has 55 heavy (non-hydrogen) atoms. The van der Waals surface area contributed by atoms with Crippen molar-refractivity contribution in [3.05, 3.63) is 64.0 Å². The zero-order valence-electron chi connectivity index (χ0n) is 30.1. The van der Waals surface area contributed by atoms with Crippen LogP contribution < -0.4 is 20.7 Å². The van der Waals surface area contributed by atoms with E-state index in [2.05, 4.69) is 27.3 Å². The van der Waals surface area contributed by atoms with Gasteiger partial charge in [0.2, 0.25) is 27.7 Å². The van der Waals surface area contributed by atoms with E-state index in [4.69, 9.17) is 25.8 Å². The molecule has 0 spiro atoms. The normalized spacial score (nSPS) is 17.7. The number of anilines is 2. The largest absolute Gasteiger partial charge is 0.506 e. The van der Waals surface area contributed by atoms with Crippen LogP contribution in [0.3, 0.4) is 0 Å². The third-order valence-corrected chi connectivity index (χ3v) is 10.6. The van der Waals surface area contributed by atoms with Gasteiger partial charge in [-0.2, -0.15) is 0 Å². The number of nitrogens with zero attached hydrogens (tertiary/aromatic N) is 2. The summed E-state index contributed by atoms with van der Waals surface area (Å²) >= 11 is 6.18. The molecular weight excluding hydrogens is 760 g/mol. The number of carbonyl (C=O) groups is 5. The van der Waals surface area contributed by atoms with Crippen molar-refractivity contribution in [2.75, 3.05) is 76.5 Å². The quantitative estimate of drug-likeness (QED) is 0.0731. The van der Waals surface area contributed by atoms with Crippen LogP contribution in [0.5, 0.6) is 5.75 Å². The van der Waals surface area contributed by atoms with E-state index in [1.807, 2.05) is 0 Å². The Morgan fingerprint density at radius 2 is 1.65 bits per heavy atom. The molecule has 0 aromatic heterocycles. The van der Waals surface area contributed by atoms with Crippen molar-refractivity contribution in [2.45, 2.75) is 44.2 Å². The highest BCUT2D eigenvalue weighted by Gasteiger charge is 2.45. The van der Waals surface area contributed by atoms with Crippen LogP contribution >= 0.6 is 11.6 Å². The number of rotatable bonds is 20. The monoisotopic (exact) mass is 804 g/mol. The second kappa shape index (κ2) is 19.3. The Kier molecular flexibility index (Phi) is 14.6. The summed E-state index contributed by atoms with van der Waals surface area (Å²) in [6.07, 6.45) is 1.47. The van der Waals surface area contributed by atoms with Crippen LogP contribution in [0.15, 0.2) is 42.3 Å². The number of imide groups is 2. The second-order valence-electron chi connectivity index (χ2n) is 13.0. The number of sulfonamides is 1. The molecule has 2 aromatic carbocycles. The molecule has 5 N–H and O–H groups in total. The maximum Gasteiger partial charge on any atom is 0.264 e. The molecule has 0 aliphatic carbocycles. The van der Waals surface area contributed by atoms with Crippen LogP contribution in [0, 0.1) is 0 Å². The van der Waals surface area contributed by atoms with Gasteiger partial charge < -0.3 is 34.9 Å². The molecule has 19 heteroatoms. The molecule has 1 atom stereocenters. The summed E-state index contributed by atoms with van der Waals surface area (Å²) in [7, 11) is -3.55.